The van der Waals surface area contributed by atoms with Crippen LogP contribution < -0.4 is 10.1 Å². The highest BCUT2D eigenvalue weighted by molar-refractivity contribution is 5.94. The molecule has 0 fully saturated rings. The lowest BCUT2D eigenvalue weighted by Crippen LogP contribution is -2.38. The third kappa shape index (κ3) is 4.95. The van der Waals surface area contributed by atoms with Crippen LogP contribution in [0.25, 0.3) is 0 Å². The van der Waals surface area contributed by atoms with Crippen LogP contribution in [0.4, 0.5) is 0 Å². The lowest BCUT2D eigenvalue weighted by atomic mass is 10.0. The van der Waals surface area contributed by atoms with Crippen molar-refractivity contribution in [1.82, 2.24) is 5.32 Å². The SMILES string of the molecule is CC(=O)c1cccc(OC(C)C(=O)NCC(C)c2ccccc2)c1. The number of Topliss-reactive ketones (excluding diaryl/α,β-unsaturated/α-hetero) is 1. The standard InChI is InChI=1S/C20H23NO3/c1-14(17-8-5-4-6-9-17)13-21-20(23)16(3)24-19-11-7-10-18(12-19)15(2)22/h4-12,14,16H,13H2,1-3H3,(H,21,23). The van der Waals surface area contributed by atoms with Crippen LogP contribution in [0.2, 0.25) is 0 Å². The van der Waals surface area contributed by atoms with Crippen LogP contribution in [0.5, 0.6) is 5.75 Å². The van der Waals surface area contributed by atoms with Gasteiger partial charge in [-0.1, -0.05) is 49.4 Å². The van der Waals surface area contributed by atoms with Gasteiger partial charge in [0, 0.05) is 12.1 Å². The zero-order valence-corrected chi connectivity index (χ0v) is 14.3. The Hall–Kier alpha value is -2.62. The van der Waals surface area contributed by atoms with Gasteiger partial charge in [0.05, 0.1) is 0 Å². The largest absolute Gasteiger partial charge is 0.481 e. The average molecular weight is 325 g/mol. The van der Waals surface area contributed by atoms with E-state index in [1.807, 2.05) is 30.3 Å². The van der Waals surface area contributed by atoms with Crippen LogP contribution in [0, 0.1) is 0 Å². The molecule has 0 aliphatic rings. The number of benzene rings is 2. The van der Waals surface area contributed by atoms with E-state index < -0.39 is 6.10 Å². The zero-order chi connectivity index (χ0) is 17.5. The molecule has 0 saturated carbocycles. The summed E-state index contributed by atoms with van der Waals surface area (Å²) in [5.41, 5.74) is 1.75. The van der Waals surface area contributed by atoms with Crippen LogP contribution in [0.1, 0.15) is 42.6 Å². The maximum atomic E-state index is 12.2. The number of hydrogen-bond acceptors (Lipinski definition) is 3. The summed E-state index contributed by atoms with van der Waals surface area (Å²) in [6, 6.07) is 16.9. The van der Waals surface area contributed by atoms with Crippen molar-refractivity contribution in [2.24, 2.45) is 0 Å². The Labute approximate surface area is 142 Å². The van der Waals surface area contributed by atoms with E-state index in [1.165, 1.54) is 12.5 Å². The molecular formula is C20H23NO3. The predicted molar refractivity (Wildman–Crippen MR) is 94.4 cm³/mol. The summed E-state index contributed by atoms with van der Waals surface area (Å²) >= 11 is 0. The summed E-state index contributed by atoms with van der Waals surface area (Å²) in [6.45, 7) is 5.81. The molecule has 4 heteroatoms. The van der Waals surface area contributed by atoms with Gasteiger partial charge in [-0.15, -0.1) is 0 Å². The summed E-state index contributed by atoms with van der Waals surface area (Å²) in [7, 11) is 0. The fourth-order valence-electron chi connectivity index (χ4n) is 2.34. The molecule has 24 heavy (non-hydrogen) atoms. The van der Waals surface area contributed by atoms with E-state index in [0.29, 0.717) is 17.9 Å². The number of rotatable bonds is 7. The summed E-state index contributed by atoms with van der Waals surface area (Å²) in [6.07, 6.45) is -0.629. The molecule has 0 aliphatic heterocycles. The molecule has 0 radical (unpaired) electrons. The zero-order valence-electron chi connectivity index (χ0n) is 14.3. The molecule has 1 N–H and O–H groups in total. The average Bonchev–Trinajstić information content (AvgIpc) is 2.60. The fraction of sp³-hybridized carbons (Fsp3) is 0.300. The first-order chi connectivity index (χ1) is 11.5. The van der Waals surface area contributed by atoms with Crippen molar-refractivity contribution in [3.05, 3.63) is 65.7 Å². The Morgan fingerprint density at radius 3 is 2.42 bits per heavy atom. The van der Waals surface area contributed by atoms with E-state index in [9.17, 15) is 9.59 Å². The first-order valence-electron chi connectivity index (χ1n) is 8.07. The van der Waals surface area contributed by atoms with Gasteiger partial charge in [-0.3, -0.25) is 9.59 Å². The number of nitrogens with one attached hydrogen (secondary N) is 1. The van der Waals surface area contributed by atoms with E-state index in [1.54, 1.807) is 31.2 Å². The second kappa shape index (κ2) is 8.29. The van der Waals surface area contributed by atoms with Gasteiger partial charge in [0.15, 0.2) is 11.9 Å². The molecule has 2 aromatic rings. The molecule has 2 unspecified atom stereocenters. The summed E-state index contributed by atoms with van der Waals surface area (Å²) in [4.78, 5) is 23.6. The number of ether oxygens (including phenoxy) is 1. The second-order valence-corrected chi connectivity index (χ2v) is 5.90. The highest BCUT2D eigenvalue weighted by Crippen LogP contribution is 2.16. The van der Waals surface area contributed by atoms with Crippen molar-refractivity contribution in [3.8, 4) is 5.75 Å². The topological polar surface area (TPSA) is 55.4 Å². The van der Waals surface area contributed by atoms with E-state index in [0.717, 1.165) is 0 Å². The first-order valence-corrected chi connectivity index (χ1v) is 8.07. The molecule has 2 rings (SSSR count). The van der Waals surface area contributed by atoms with Gasteiger partial charge >= 0.3 is 0 Å². The van der Waals surface area contributed by atoms with Crippen molar-refractivity contribution in [3.63, 3.8) is 0 Å². The monoisotopic (exact) mass is 325 g/mol. The van der Waals surface area contributed by atoms with E-state index in [4.69, 9.17) is 4.74 Å². The Kier molecular flexibility index (Phi) is 6.13. The minimum Gasteiger partial charge on any atom is -0.481 e. The maximum Gasteiger partial charge on any atom is 0.260 e. The van der Waals surface area contributed by atoms with Crippen LogP contribution in [-0.2, 0) is 4.79 Å². The highest BCUT2D eigenvalue weighted by Gasteiger charge is 2.16. The van der Waals surface area contributed by atoms with Gasteiger partial charge in [0.1, 0.15) is 5.75 Å². The summed E-state index contributed by atoms with van der Waals surface area (Å²) < 4.78 is 5.64. The third-order valence-electron chi connectivity index (χ3n) is 3.87. The first kappa shape index (κ1) is 17.7. The number of hydrogen-bond donors (Lipinski definition) is 1. The van der Waals surface area contributed by atoms with E-state index >= 15 is 0 Å². The molecule has 2 aromatic carbocycles. The molecule has 0 aliphatic carbocycles. The normalized spacial score (nSPS) is 13.0. The fourth-order valence-corrected chi connectivity index (χ4v) is 2.34. The Balaban J connectivity index is 1.88. The van der Waals surface area contributed by atoms with Crippen molar-refractivity contribution in [2.75, 3.05) is 6.54 Å². The molecule has 4 nitrogen and oxygen atoms in total. The van der Waals surface area contributed by atoms with E-state index in [-0.39, 0.29) is 17.6 Å². The molecule has 0 aromatic heterocycles. The molecule has 1 amide bonds. The van der Waals surface area contributed by atoms with Crippen LogP contribution in [0.3, 0.4) is 0 Å². The van der Waals surface area contributed by atoms with Gasteiger partial charge in [0.25, 0.3) is 5.91 Å². The molecule has 0 spiro atoms. The molecule has 2 atom stereocenters. The summed E-state index contributed by atoms with van der Waals surface area (Å²) in [5.74, 6) is 0.532. The van der Waals surface area contributed by atoms with Crippen LogP contribution in [-0.4, -0.2) is 24.3 Å². The molecule has 0 bridgehead atoms. The number of amides is 1. The van der Waals surface area contributed by atoms with Crippen molar-refractivity contribution in [1.29, 1.82) is 0 Å². The number of carbonyl (C=O) groups excluding carboxylic acids is 2. The maximum absolute atomic E-state index is 12.2. The molecular weight excluding hydrogens is 302 g/mol. The van der Waals surface area contributed by atoms with Crippen LogP contribution in [0.15, 0.2) is 54.6 Å². The van der Waals surface area contributed by atoms with Crippen molar-refractivity contribution < 1.29 is 14.3 Å². The van der Waals surface area contributed by atoms with Crippen molar-refractivity contribution in [2.45, 2.75) is 32.8 Å². The Morgan fingerprint density at radius 2 is 1.75 bits per heavy atom. The Morgan fingerprint density at radius 1 is 1.04 bits per heavy atom. The van der Waals surface area contributed by atoms with Crippen LogP contribution >= 0.6 is 0 Å². The highest BCUT2D eigenvalue weighted by atomic mass is 16.5. The van der Waals surface area contributed by atoms with E-state index in [2.05, 4.69) is 12.2 Å². The second-order valence-electron chi connectivity index (χ2n) is 5.90. The number of ketones is 1. The predicted octanol–water partition coefficient (Wildman–Crippen LogP) is 3.58. The van der Waals surface area contributed by atoms with Gasteiger partial charge in [-0.05, 0) is 37.5 Å². The minimum absolute atomic E-state index is 0.0331. The quantitative estimate of drug-likeness (QED) is 0.792. The smallest absolute Gasteiger partial charge is 0.260 e. The lowest BCUT2D eigenvalue weighted by molar-refractivity contribution is -0.127. The minimum atomic E-state index is -0.629. The molecule has 126 valence electrons. The lowest BCUT2D eigenvalue weighted by Gasteiger charge is -2.17. The summed E-state index contributed by atoms with van der Waals surface area (Å²) in [5, 5.41) is 2.91. The van der Waals surface area contributed by atoms with Gasteiger partial charge in [0.2, 0.25) is 0 Å². The van der Waals surface area contributed by atoms with Gasteiger partial charge in [-0.25, -0.2) is 0 Å². The molecule has 0 heterocycles. The number of carbonyl (C=O) groups is 2. The Bertz CT molecular complexity index is 697. The van der Waals surface area contributed by atoms with Gasteiger partial charge < -0.3 is 10.1 Å². The molecule has 0 saturated heterocycles. The third-order valence-corrected chi connectivity index (χ3v) is 3.87. The van der Waals surface area contributed by atoms with Gasteiger partial charge in [-0.2, -0.15) is 0 Å². The van der Waals surface area contributed by atoms with Crippen molar-refractivity contribution >= 4 is 11.7 Å².